The first-order chi connectivity index (χ1) is 9.06. The third kappa shape index (κ3) is 3.93. The summed E-state index contributed by atoms with van der Waals surface area (Å²) in [6, 6.07) is 9.42. The SMILES string of the molecule is Oc1ccc(Cl)cc1CNCc1cc(F)ccc1Br. The fourth-order valence-electron chi connectivity index (χ4n) is 1.71. The Morgan fingerprint density at radius 3 is 2.63 bits per heavy atom. The highest BCUT2D eigenvalue weighted by Crippen LogP contribution is 2.22. The van der Waals surface area contributed by atoms with Crippen LogP contribution in [0.2, 0.25) is 5.02 Å². The summed E-state index contributed by atoms with van der Waals surface area (Å²) in [4.78, 5) is 0. The molecule has 2 nitrogen and oxygen atoms in total. The molecule has 0 bridgehead atoms. The highest BCUT2D eigenvalue weighted by molar-refractivity contribution is 9.10. The van der Waals surface area contributed by atoms with Crippen LogP contribution in [-0.4, -0.2) is 5.11 Å². The van der Waals surface area contributed by atoms with Gasteiger partial charge in [-0.3, -0.25) is 0 Å². The summed E-state index contributed by atoms with van der Waals surface area (Å²) in [7, 11) is 0. The lowest BCUT2D eigenvalue weighted by atomic mass is 10.2. The van der Waals surface area contributed by atoms with Crippen LogP contribution >= 0.6 is 27.5 Å². The lowest BCUT2D eigenvalue weighted by molar-refractivity contribution is 0.464. The van der Waals surface area contributed by atoms with Crippen LogP contribution in [0, 0.1) is 5.82 Å². The lowest BCUT2D eigenvalue weighted by Crippen LogP contribution is -2.13. The van der Waals surface area contributed by atoms with Gasteiger partial charge in [-0.25, -0.2) is 4.39 Å². The van der Waals surface area contributed by atoms with Crippen LogP contribution in [0.15, 0.2) is 40.9 Å². The van der Waals surface area contributed by atoms with Gasteiger partial charge in [-0.05, 0) is 42.0 Å². The van der Waals surface area contributed by atoms with Gasteiger partial charge >= 0.3 is 0 Å². The topological polar surface area (TPSA) is 32.3 Å². The summed E-state index contributed by atoms with van der Waals surface area (Å²) in [6.07, 6.45) is 0. The number of halogens is 3. The van der Waals surface area contributed by atoms with Crippen molar-refractivity contribution in [2.75, 3.05) is 0 Å². The molecule has 2 aromatic rings. The molecule has 2 N–H and O–H groups in total. The van der Waals surface area contributed by atoms with E-state index in [1.54, 1.807) is 24.3 Å². The smallest absolute Gasteiger partial charge is 0.123 e. The van der Waals surface area contributed by atoms with Crippen LogP contribution in [0.25, 0.3) is 0 Å². The minimum atomic E-state index is -0.273. The highest BCUT2D eigenvalue weighted by Gasteiger charge is 2.04. The first-order valence-electron chi connectivity index (χ1n) is 5.68. The van der Waals surface area contributed by atoms with E-state index in [0.29, 0.717) is 23.7 Å². The minimum absolute atomic E-state index is 0.190. The monoisotopic (exact) mass is 343 g/mol. The van der Waals surface area contributed by atoms with E-state index in [0.717, 1.165) is 10.0 Å². The molecule has 0 fully saturated rings. The maximum atomic E-state index is 13.1. The zero-order valence-corrected chi connectivity index (χ0v) is 12.3. The van der Waals surface area contributed by atoms with Gasteiger partial charge in [0.1, 0.15) is 11.6 Å². The minimum Gasteiger partial charge on any atom is -0.508 e. The standard InChI is InChI=1S/C14H12BrClFNO/c15-13-3-2-12(17)6-9(13)7-18-8-10-5-11(16)1-4-14(10)19/h1-6,18-19H,7-8H2. The van der Waals surface area contributed by atoms with Gasteiger partial charge in [-0.15, -0.1) is 0 Å². The third-order valence-electron chi connectivity index (χ3n) is 2.68. The Hall–Kier alpha value is -1.10. The molecule has 0 unspecified atom stereocenters. The van der Waals surface area contributed by atoms with Crippen molar-refractivity contribution in [2.24, 2.45) is 0 Å². The van der Waals surface area contributed by atoms with Crippen molar-refractivity contribution < 1.29 is 9.50 Å². The lowest BCUT2D eigenvalue weighted by Gasteiger charge is -2.09. The average Bonchev–Trinajstić information content (AvgIpc) is 2.38. The van der Waals surface area contributed by atoms with Crippen LogP contribution in [0.5, 0.6) is 5.75 Å². The Labute approximate surface area is 124 Å². The van der Waals surface area contributed by atoms with E-state index in [1.807, 2.05) is 0 Å². The fraction of sp³-hybridized carbons (Fsp3) is 0.143. The average molecular weight is 345 g/mol. The van der Waals surface area contributed by atoms with E-state index in [2.05, 4.69) is 21.2 Å². The van der Waals surface area contributed by atoms with Gasteiger partial charge in [0.15, 0.2) is 0 Å². The molecule has 0 radical (unpaired) electrons. The van der Waals surface area contributed by atoms with Crippen LogP contribution < -0.4 is 5.32 Å². The fourth-order valence-corrected chi connectivity index (χ4v) is 2.29. The molecule has 0 aliphatic rings. The van der Waals surface area contributed by atoms with Crippen LogP contribution in [0.1, 0.15) is 11.1 Å². The third-order valence-corrected chi connectivity index (χ3v) is 3.69. The second-order valence-corrected chi connectivity index (χ2v) is 5.40. The second kappa shape index (κ2) is 6.37. The number of hydrogen-bond donors (Lipinski definition) is 2. The van der Waals surface area contributed by atoms with Crippen molar-refractivity contribution >= 4 is 27.5 Å². The van der Waals surface area contributed by atoms with Crippen molar-refractivity contribution in [1.82, 2.24) is 5.32 Å². The molecule has 5 heteroatoms. The quantitative estimate of drug-likeness (QED) is 0.869. The van der Waals surface area contributed by atoms with Gasteiger partial charge in [0.25, 0.3) is 0 Å². The predicted molar refractivity (Wildman–Crippen MR) is 77.8 cm³/mol. The van der Waals surface area contributed by atoms with Crippen molar-refractivity contribution in [3.05, 3.63) is 62.8 Å². The number of aromatic hydroxyl groups is 1. The summed E-state index contributed by atoms with van der Waals surface area (Å²) < 4.78 is 14.0. The molecule has 100 valence electrons. The van der Waals surface area contributed by atoms with Gasteiger partial charge in [0.2, 0.25) is 0 Å². The molecule has 0 amide bonds. The zero-order chi connectivity index (χ0) is 13.8. The van der Waals surface area contributed by atoms with Crippen molar-refractivity contribution in [2.45, 2.75) is 13.1 Å². The Kier molecular flexibility index (Phi) is 4.80. The van der Waals surface area contributed by atoms with E-state index >= 15 is 0 Å². The Morgan fingerprint density at radius 1 is 1.11 bits per heavy atom. The van der Waals surface area contributed by atoms with E-state index in [1.165, 1.54) is 12.1 Å². The van der Waals surface area contributed by atoms with Gasteiger partial charge < -0.3 is 10.4 Å². The van der Waals surface area contributed by atoms with E-state index in [9.17, 15) is 9.50 Å². The first-order valence-corrected chi connectivity index (χ1v) is 6.85. The number of hydrogen-bond acceptors (Lipinski definition) is 2. The first kappa shape index (κ1) is 14.3. The molecular weight excluding hydrogens is 333 g/mol. The van der Waals surface area contributed by atoms with Crippen molar-refractivity contribution in [3.63, 3.8) is 0 Å². The number of benzene rings is 2. The van der Waals surface area contributed by atoms with E-state index < -0.39 is 0 Å². The summed E-state index contributed by atoms with van der Waals surface area (Å²) in [5.74, 6) is -0.0826. The molecule has 0 spiro atoms. The van der Waals surface area contributed by atoms with Gasteiger partial charge in [-0.1, -0.05) is 27.5 Å². The second-order valence-electron chi connectivity index (χ2n) is 4.11. The number of nitrogens with one attached hydrogen (secondary N) is 1. The van der Waals surface area contributed by atoms with Gasteiger partial charge in [0, 0.05) is 28.1 Å². The molecule has 0 aromatic heterocycles. The predicted octanol–water partition coefficient (Wildman–Crippen LogP) is 4.24. The van der Waals surface area contributed by atoms with Crippen LogP contribution in [0.3, 0.4) is 0 Å². The Balaban J connectivity index is 2.00. The summed E-state index contributed by atoms with van der Waals surface area (Å²) in [5, 5.41) is 13.4. The molecule has 0 atom stereocenters. The number of phenolic OH excluding ortho intramolecular Hbond substituents is 1. The van der Waals surface area contributed by atoms with E-state index in [-0.39, 0.29) is 11.6 Å². The van der Waals surface area contributed by atoms with Gasteiger partial charge in [0.05, 0.1) is 0 Å². The molecule has 2 aromatic carbocycles. The Morgan fingerprint density at radius 2 is 1.84 bits per heavy atom. The number of phenols is 1. The van der Waals surface area contributed by atoms with E-state index in [4.69, 9.17) is 11.6 Å². The maximum absolute atomic E-state index is 13.1. The molecule has 19 heavy (non-hydrogen) atoms. The van der Waals surface area contributed by atoms with Crippen molar-refractivity contribution in [1.29, 1.82) is 0 Å². The molecule has 0 aliphatic carbocycles. The van der Waals surface area contributed by atoms with Crippen LogP contribution in [0.4, 0.5) is 4.39 Å². The van der Waals surface area contributed by atoms with Gasteiger partial charge in [-0.2, -0.15) is 0 Å². The Bertz CT molecular complexity index is 540. The highest BCUT2D eigenvalue weighted by atomic mass is 79.9. The molecule has 2 rings (SSSR count). The number of rotatable bonds is 4. The largest absolute Gasteiger partial charge is 0.508 e. The molecule has 0 heterocycles. The normalized spacial score (nSPS) is 10.7. The summed E-state index contributed by atoms with van der Waals surface area (Å²) in [6.45, 7) is 0.944. The summed E-state index contributed by atoms with van der Waals surface area (Å²) in [5.41, 5.74) is 1.53. The molecule has 0 saturated heterocycles. The molecule has 0 saturated carbocycles. The van der Waals surface area contributed by atoms with Crippen molar-refractivity contribution in [3.8, 4) is 5.75 Å². The zero-order valence-electron chi connectivity index (χ0n) is 9.96. The maximum Gasteiger partial charge on any atom is 0.123 e. The molecule has 0 aliphatic heterocycles. The summed E-state index contributed by atoms with van der Waals surface area (Å²) >= 11 is 9.23. The van der Waals surface area contributed by atoms with Crippen LogP contribution in [-0.2, 0) is 13.1 Å². The molecular formula is C14H12BrClFNO.